The van der Waals surface area contributed by atoms with Crippen molar-refractivity contribution in [1.82, 2.24) is 9.80 Å². The number of piperazine rings is 1. The summed E-state index contributed by atoms with van der Waals surface area (Å²) in [5.41, 5.74) is 0.546. The monoisotopic (exact) mass is 320 g/mol. The van der Waals surface area contributed by atoms with E-state index in [1.165, 1.54) is 4.90 Å². The van der Waals surface area contributed by atoms with Gasteiger partial charge in [0, 0.05) is 19.6 Å². The van der Waals surface area contributed by atoms with Crippen LogP contribution in [-0.4, -0.2) is 53.1 Å². The van der Waals surface area contributed by atoms with Gasteiger partial charge in [-0.2, -0.15) is 0 Å². The molecule has 0 spiro atoms. The first-order valence-corrected chi connectivity index (χ1v) is 7.65. The van der Waals surface area contributed by atoms with Crippen LogP contribution in [0.5, 0.6) is 5.75 Å². The molecule has 0 aromatic heterocycles. The summed E-state index contributed by atoms with van der Waals surface area (Å²) < 4.78 is 5.13. The molecule has 0 saturated carbocycles. The minimum atomic E-state index is -1.04. The van der Waals surface area contributed by atoms with E-state index in [1.54, 1.807) is 12.0 Å². The highest BCUT2D eigenvalue weighted by Gasteiger charge is 2.44. The summed E-state index contributed by atoms with van der Waals surface area (Å²) in [5, 5.41) is 9.36. The summed E-state index contributed by atoms with van der Waals surface area (Å²) in [6.45, 7) is 6.89. The van der Waals surface area contributed by atoms with Crippen molar-refractivity contribution in [3.63, 3.8) is 0 Å². The fourth-order valence-corrected chi connectivity index (χ4v) is 2.93. The zero-order valence-electron chi connectivity index (χ0n) is 14.1. The SMILES string of the molecule is COc1ccc(CN2CCN(C(=O)O)C(C(C)(C)C)C2=O)cc1. The van der Waals surface area contributed by atoms with E-state index < -0.39 is 17.6 Å². The van der Waals surface area contributed by atoms with E-state index in [4.69, 9.17) is 4.74 Å². The Bertz CT molecular complexity index is 577. The molecule has 1 aromatic rings. The van der Waals surface area contributed by atoms with Crippen molar-refractivity contribution in [3.05, 3.63) is 29.8 Å². The molecule has 0 radical (unpaired) electrons. The van der Waals surface area contributed by atoms with Gasteiger partial charge in [-0.15, -0.1) is 0 Å². The largest absolute Gasteiger partial charge is 0.497 e. The zero-order valence-corrected chi connectivity index (χ0v) is 14.1. The Hall–Kier alpha value is -2.24. The Labute approximate surface area is 136 Å². The Morgan fingerprint density at radius 3 is 2.35 bits per heavy atom. The molecule has 0 bridgehead atoms. The number of nitrogens with zero attached hydrogens (tertiary/aromatic N) is 2. The number of amides is 2. The second kappa shape index (κ2) is 6.48. The van der Waals surface area contributed by atoms with E-state index in [0.717, 1.165) is 11.3 Å². The molecule has 1 aromatic carbocycles. The molecule has 126 valence electrons. The van der Waals surface area contributed by atoms with Crippen LogP contribution in [0.1, 0.15) is 26.3 Å². The first-order valence-electron chi connectivity index (χ1n) is 7.65. The Kier molecular flexibility index (Phi) is 4.82. The van der Waals surface area contributed by atoms with Crippen molar-refractivity contribution >= 4 is 12.0 Å². The molecule has 6 heteroatoms. The van der Waals surface area contributed by atoms with Crippen LogP contribution in [0.25, 0.3) is 0 Å². The van der Waals surface area contributed by atoms with Crippen molar-refractivity contribution in [2.75, 3.05) is 20.2 Å². The normalized spacial score (nSPS) is 19.0. The van der Waals surface area contributed by atoms with E-state index in [-0.39, 0.29) is 5.91 Å². The van der Waals surface area contributed by atoms with Crippen LogP contribution in [0.15, 0.2) is 24.3 Å². The van der Waals surface area contributed by atoms with E-state index in [2.05, 4.69) is 0 Å². The van der Waals surface area contributed by atoms with Gasteiger partial charge in [-0.05, 0) is 23.1 Å². The quantitative estimate of drug-likeness (QED) is 0.928. The summed E-state index contributed by atoms with van der Waals surface area (Å²) >= 11 is 0. The van der Waals surface area contributed by atoms with Crippen molar-refractivity contribution in [3.8, 4) is 5.75 Å². The highest BCUT2D eigenvalue weighted by Crippen LogP contribution is 2.29. The highest BCUT2D eigenvalue weighted by molar-refractivity contribution is 5.87. The maximum absolute atomic E-state index is 12.8. The van der Waals surface area contributed by atoms with Gasteiger partial charge >= 0.3 is 6.09 Å². The molecule has 6 nitrogen and oxygen atoms in total. The molecule has 1 atom stereocenters. The van der Waals surface area contributed by atoms with Crippen molar-refractivity contribution < 1.29 is 19.4 Å². The minimum Gasteiger partial charge on any atom is -0.497 e. The first kappa shape index (κ1) is 17.1. The standard InChI is InChI=1S/C17H24N2O4/c1-17(2,3)14-15(20)18(9-10-19(14)16(21)22)11-12-5-7-13(23-4)8-6-12/h5-8,14H,9-11H2,1-4H3,(H,21,22). The molecular formula is C17H24N2O4. The topological polar surface area (TPSA) is 70.1 Å². The molecule has 2 rings (SSSR count). The van der Waals surface area contributed by atoms with Crippen LogP contribution in [0.3, 0.4) is 0 Å². The maximum atomic E-state index is 12.8. The number of carboxylic acid groups (broad SMARTS) is 1. The number of benzene rings is 1. The fourth-order valence-electron chi connectivity index (χ4n) is 2.93. The number of ether oxygens (including phenoxy) is 1. The van der Waals surface area contributed by atoms with Gasteiger partial charge in [0.2, 0.25) is 5.91 Å². The summed E-state index contributed by atoms with van der Waals surface area (Å²) in [6.07, 6.45) is -1.04. The van der Waals surface area contributed by atoms with Crippen LogP contribution in [0, 0.1) is 5.41 Å². The lowest BCUT2D eigenvalue weighted by Gasteiger charge is -2.44. The molecule has 1 N–H and O–H groups in total. The average Bonchev–Trinajstić information content (AvgIpc) is 2.48. The van der Waals surface area contributed by atoms with Crippen LogP contribution in [0.4, 0.5) is 4.79 Å². The summed E-state index contributed by atoms with van der Waals surface area (Å²) in [4.78, 5) is 27.2. The molecule has 1 aliphatic rings. The molecular weight excluding hydrogens is 296 g/mol. The molecule has 1 aliphatic heterocycles. The third-order valence-electron chi connectivity index (χ3n) is 4.07. The van der Waals surface area contributed by atoms with E-state index in [1.807, 2.05) is 45.0 Å². The van der Waals surface area contributed by atoms with Crippen LogP contribution >= 0.6 is 0 Å². The number of hydrogen-bond acceptors (Lipinski definition) is 3. The van der Waals surface area contributed by atoms with Crippen LogP contribution < -0.4 is 4.74 Å². The highest BCUT2D eigenvalue weighted by atomic mass is 16.5. The second-order valence-corrected chi connectivity index (χ2v) is 6.85. The Balaban J connectivity index is 2.17. The smallest absolute Gasteiger partial charge is 0.408 e. The summed E-state index contributed by atoms with van der Waals surface area (Å²) in [7, 11) is 1.61. The van der Waals surface area contributed by atoms with Crippen molar-refractivity contribution in [2.45, 2.75) is 33.4 Å². The molecule has 23 heavy (non-hydrogen) atoms. The number of methoxy groups -OCH3 is 1. The lowest BCUT2D eigenvalue weighted by molar-refractivity contribution is -0.146. The van der Waals surface area contributed by atoms with Gasteiger partial charge in [0.25, 0.3) is 0 Å². The Morgan fingerprint density at radius 1 is 1.26 bits per heavy atom. The van der Waals surface area contributed by atoms with Gasteiger partial charge in [-0.3, -0.25) is 9.69 Å². The van der Waals surface area contributed by atoms with Gasteiger partial charge in [-0.1, -0.05) is 32.9 Å². The number of hydrogen-bond donors (Lipinski definition) is 1. The molecule has 1 saturated heterocycles. The third-order valence-corrected chi connectivity index (χ3v) is 4.07. The number of carbonyl (C=O) groups is 2. The summed E-state index contributed by atoms with van der Waals surface area (Å²) in [6, 6.07) is 6.89. The molecule has 1 unspecified atom stereocenters. The molecule has 0 aliphatic carbocycles. The molecule has 2 amide bonds. The van der Waals surface area contributed by atoms with Gasteiger partial charge in [-0.25, -0.2) is 4.79 Å². The fraction of sp³-hybridized carbons (Fsp3) is 0.529. The van der Waals surface area contributed by atoms with Crippen LogP contribution in [-0.2, 0) is 11.3 Å². The third kappa shape index (κ3) is 3.75. The average molecular weight is 320 g/mol. The predicted molar refractivity (Wildman–Crippen MR) is 86.4 cm³/mol. The summed E-state index contributed by atoms with van der Waals surface area (Å²) in [5.74, 6) is 0.630. The Morgan fingerprint density at radius 2 is 1.87 bits per heavy atom. The second-order valence-electron chi connectivity index (χ2n) is 6.85. The van der Waals surface area contributed by atoms with Crippen molar-refractivity contribution in [2.24, 2.45) is 5.41 Å². The zero-order chi connectivity index (χ0) is 17.2. The van der Waals surface area contributed by atoms with Gasteiger partial charge in [0.1, 0.15) is 11.8 Å². The molecule has 1 fully saturated rings. The van der Waals surface area contributed by atoms with E-state index >= 15 is 0 Å². The number of rotatable bonds is 3. The first-order chi connectivity index (χ1) is 10.7. The number of carbonyl (C=O) groups excluding carboxylic acids is 1. The lowest BCUT2D eigenvalue weighted by Crippen LogP contribution is -2.62. The predicted octanol–water partition coefficient (Wildman–Crippen LogP) is 2.43. The van der Waals surface area contributed by atoms with Gasteiger partial charge in [0.15, 0.2) is 0 Å². The maximum Gasteiger partial charge on any atom is 0.408 e. The minimum absolute atomic E-state index is 0.137. The molecule has 1 heterocycles. The van der Waals surface area contributed by atoms with E-state index in [9.17, 15) is 14.7 Å². The lowest BCUT2D eigenvalue weighted by atomic mass is 9.83. The van der Waals surface area contributed by atoms with Crippen molar-refractivity contribution in [1.29, 1.82) is 0 Å². The van der Waals surface area contributed by atoms with E-state index in [0.29, 0.717) is 19.6 Å². The van der Waals surface area contributed by atoms with Gasteiger partial charge in [0.05, 0.1) is 7.11 Å². The van der Waals surface area contributed by atoms with Crippen LogP contribution in [0.2, 0.25) is 0 Å². The van der Waals surface area contributed by atoms with Gasteiger partial charge < -0.3 is 14.7 Å².